The van der Waals surface area contributed by atoms with Gasteiger partial charge in [-0.2, -0.15) is 0 Å². The van der Waals surface area contributed by atoms with E-state index in [0.717, 1.165) is 12.8 Å². The first kappa shape index (κ1) is 16.8. The molecule has 2 rings (SSSR count). The summed E-state index contributed by atoms with van der Waals surface area (Å²) < 4.78 is 0. The number of allylic oxidation sites excluding steroid dienone is 2. The van der Waals surface area contributed by atoms with E-state index in [1.165, 1.54) is 6.07 Å². The average Bonchev–Trinajstić information content (AvgIpc) is 2.99. The smallest absolute Gasteiger partial charge is 0.251 e. The molecule has 0 radical (unpaired) electrons. The summed E-state index contributed by atoms with van der Waals surface area (Å²) in [5.74, 6) is 0.123. The highest BCUT2D eigenvalue weighted by atomic mass is 35.5. The Kier molecular flexibility index (Phi) is 6.28. The van der Waals surface area contributed by atoms with Crippen LogP contribution in [0.15, 0.2) is 30.4 Å². The molecule has 0 saturated heterocycles. The normalized spacial score (nSPS) is 16.5. The van der Waals surface area contributed by atoms with Crippen molar-refractivity contribution in [2.45, 2.75) is 19.3 Å². The Morgan fingerprint density at radius 1 is 1.14 bits per heavy atom. The molecule has 1 aliphatic rings. The maximum absolute atomic E-state index is 11.9. The number of carbonyl (C=O) groups excluding carboxylic acids is 2. The van der Waals surface area contributed by atoms with E-state index in [0.29, 0.717) is 41.0 Å². The van der Waals surface area contributed by atoms with Gasteiger partial charge in [0.05, 0.1) is 10.0 Å². The van der Waals surface area contributed by atoms with Gasteiger partial charge in [0, 0.05) is 25.1 Å². The molecule has 0 heterocycles. The van der Waals surface area contributed by atoms with Gasteiger partial charge in [-0.1, -0.05) is 35.4 Å². The summed E-state index contributed by atoms with van der Waals surface area (Å²) in [5, 5.41) is 6.28. The molecule has 0 fully saturated rings. The summed E-state index contributed by atoms with van der Waals surface area (Å²) in [4.78, 5) is 23.6. The fraction of sp³-hybridized carbons (Fsp3) is 0.375. The molecule has 2 N–H and O–H groups in total. The van der Waals surface area contributed by atoms with Gasteiger partial charge in [0.1, 0.15) is 0 Å². The summed E-state index contributed by atoms with van der Waals surface area (Å²) in [6.45, 7) is 0.771. The number of benzene rings is 1. The van der Waals surface area contributed by atoms with E-state index in [9.17, 15) is 9.59 Å². The number of nitrogens with one attached hydrogen (secondary N) is 2. The molecule has 118 valence electrons. The van der Waals surface area contributed by atoms with E-state index in [-0.39, 0.29) is 11.8 Å². The van der Waals surface area contributed by atoms with E-state index in [1.54, 1.807) is 12.1 Å². The van der Waals surface area contributed by atoms with E-state index in [4.69, 9.17) is 23.2 Å². The van der Waals surface area contributed by atoms with Crippen LogP contribution >= 0.6 is 23.2 Å². The van der Waals surface area contributed by atoms with E-state index >= 15 is 0 Å². The molecule has 0 aromatic heterocycles. The molecule has 2 amide bonds. The first-order valence-electron chi connectivity index (χ1n) is 7.23. The summed E-state index contributed by atoms with van der Waals surface area (Å²) in [5.41, 5.74) is 0.441. The fourth-order valence-corrected chi connectivity index (χ4v) is 2.59. The Morgan fingerprint density at radius 2 is 1.91 bits per heavy atom. The zero-order chi connectivity index (χ0) is 15.9. The van der Waals surface area contributed by atoms with Crippen LogP contribution in [0.25, 0.3) is 0 Å². The molecule has 0 bridgehead atoms. The second-order valence-electron chi connectivity index (χ2n) is 5.20. The van der Waals surface area contributed by atoms with E-state index < -0.39 is 0 Å². The number of carbonyl (C=O) groups is 2. The second kappa shape index (κ2) is 8.20. The predicted molar refractivity (Wildman–Crippen MR) is 88.3 cm³/mol. The molecule has 0 unspecified atom stereocenters. The van der Waals surface area contributed by atoms with Crippen molar-refractivity contribution in [2.75, 3.05) is 13.1 Å². The molecule has 0 spiro atoms. The lowest BCUT2D eigenvalue weighted by atomic mass is 10.1. The fourth-order valence-electron chi connectivity index (χ4n) is 2.29. The molecule has 4 nitrogen and oxygen atoms in total. The summed E-state index contributed by atoms with van der Waals surface area (Å²) in [6.07, 6.45) is 6.80. The standard InChI is InChI=1S/C16H18Cl2N2O2/c17-13-6-5-12(10-14(13)18)16(22)20-8-7-19-15(21)9-11-3-1-2-4-11/h1,3,5-6,10-11H,2,4,7-9H2,(H,19,21)(H,20,22)/t11-/m0/s1. The van der Waals surface area contributed by atoms with Crippen LogP contribution < -0.4 is 10.6 Å². The molecule has 1 aromatic rings. The minimum absolute atomic E-state index is 0.0142. The van der Waals surface area contributed by atoms with Gasteiger partial charge in [-0.3, -0.25) is 9.59 Å². The Hall–Kier alpha value is -1.52. The summed E-state index contributed by atoms with van der Waals surface area (Å²) in [6, 6.07) is 4.70. The lowest BCUT2D eigenvalue weighted by Crippen LogP contribution is -2.35. The topological polar surface area (TPSA) is 58.2 Å². The van der Waals surface area contributed by atoms with Crippen molar-refractivity contribution in [1.29, 1.82) is 0 Å². The quantitative estimate of drug-likeness (QED) is 0.617. The van der Waals surface area contributed by atoms with Crippen LogP contribution in [0.4, 0.5) is 0 Å². The maximum Gasteiger partial charge on any atom is 0.251 e. The third-order valence-electron chi connectivity index (χ3n) is 3.47. The Labute approximate surface area is 139 Å². The van der Waals surface area contributed by atoms with Crippen molar-refractivity contribution in [2.24, 2.45) is 5.92 Å². The van der Waals surface area contributed by atoms with Gasteiger partial charge >= 0.3 is 0 Å². The third kappa shape index (κ3) is 5.04. The Morgan fingerprint density at radius 3 is 2.59 bits per heavy atom. The van der Waals surface area contributed by atoms with Crippen molar-refractivity contribution >= 4 is 35.0 Å². The van der Waals surface area contributed by atoms with Gasteiger partial charge in [-0.15, -0.1) is 0 Å². The molecule has 0 saturated carbocycles. The lowest BCUT2D eigenvalue weighted by Gasteiger charge is -2.10. The second-order valence-corrected chi connectivity index (χ2v) is 6.02. The maximum atomic E-state index is 11.9. The zero-order valence-corrected chi connectivity index (χ0v) is 13.6. The highest BCUT2D eigenvalue weighted by Crippen LogP contribution is 2.22. The Bertz CT molecular complexity index is 588. The van der Waals surface area contributed by atoms with Crippen LogP contribution in [0.3, 0.4) is 0 Å². The van der Waals surface area contributed by atoms with E-state index in [2.05, 4.69) is 22.8 Å². The van der Waals surface area contributed by atoms with Crippen molar-refractivity contribution in [3.8, 4) is 0 Å². The molecule has 6 heteroatoms. The minimum atomic E-state index is -0.244. The van der Waals surface area contributed by atoms with Crippen LogP contribution in [0.1, 0.15) is 29.6 Å². The summed E-state index contributed by atoms with van der Waals surface area (Å²) >= 11 is 11.7. The number of amides is 2. The third-order valence-corrected chi connectivity index (χ3v) is 4.21. The number of rotatable bonds is 6. The molecular weight excluding hydrogens is 323 g/mol. The number of halogens is 2. The van der Waals surface area contributed by atoms with Crippen molar-refractivity contribution in [3.05, 3.63) is 46.0 Å². The SMILES string of the molecule is O=C(C[C@H]1C=CCC1)NCCNC(=O)c1ccc(Cl)c(Cl)c1. The largest absolute Gasteiger partial charge is 0.354 e. The molecule has 1 aliphatic carbocycles. The first-order valence-corrected chi connectivity index (χ1v) is 7.98. The molecule has 22 heavy (non-hydrogen) atoms. The van der Waals surface area contributed by atoms with Crippen LogP contribution in [0.2, 0.25) is 10.0 Å². The highest BCUT2D eigenvalue weighted by molar-refractivity contribution is 6.42. The van der Waals surface area contributed by atoms with Crippen molar-refractivity contribution in [3.63, 3.8) is 0 Å². The predicted octanol–water partition coefficient (Wildman–Crippen LogP) is 3.20. The van der Waals surface area contributed by atoms with Crippen molar-refractivity contribution in [1.82, 2.24) is 10.6 Å². The molecule has 1 atom stereocenters. The molecule has 1 aromatic carbocycles. The first-order chi connectivity index (χ1) is 10.6. The van der Waals surface area contributed by atoms with E-state index in [1.807, 2.05) is 0 Å². The average molecular weight is 341 g/mol. The van der Waals surface area contributed by atoms with Crippen LogP contribution in [0, 0.1) is 5.92 Å². The molecular formula is C16H18Cl2N2O2. The number of hydrogen-bond donors (Lipinski definition) is 2. The van der Waals surface area contributed by atoms with Gasteiger partial charge in [-0.05, 0) is 37.0 Å². The van der Waals surface area contributed by atoms with Crippen LogP contribution in [-0.2, 0) is 4.79 Å². The zero-order valence-electron chi connectivity index (χ0n) is 12.1. The van der Waals surface area contributed by atoms with Gasteiger partial charge in [0.25, 0.3) is 5.91 Å². The number of hydrogen-bond acceptors (Lipinski definition) is 2. The Balaban J connectivity index is 1.67. The van der Waals surface area contributed by atoms with Gasteiger partial charge in [0.15, 0.2) is 0 Å². The monoisotopic (exact) mass is 340 g/mol. The van der Waals surface area contributed by atoms with Gasteiger partial charge < -0.3 is 10.6 Å². The van der Waals surface area contributed by atoms with Gasteiger partial charge in [-0.25, -0.2) is 0 Å². The van der Waals surface area contributed by atoms with Crippen LogP contribution in [0.5, 0.6) is 0 Å². The highest BCUT2D eigenvalue weighted by Gasteiger charge is 2.13. The lowest BCUT2D eigenvalue weighted by molar-refractivity contribution is -0.121. The van der Waals surface area contributed by atoms with Crippen LogP contribution in [-0.4, -0.2) is 24.9 Å². The summed E-state index contributed by atoms with van der Waals surface area (Å²) in [7, 11) is 0. The minimum Gasteiger partial charge on any atom is -0.354 e. The van der Waals surface area contributed by atoms with Crippen molar-refractivity contribution < 1.29 is 9.59 Å². The van der Waals surface area contributed by atoms with Gasteiger partial charge in [0.2, 0.25) is 5.91 Å². The molecule has 0 aliphatic heterocycles.